The van der Waals surface area contributed by atoms with Crippen molar-refractivity contribution in [3.8, 4) is 0 Å². The number of amides is 1. The molecule has 0 bridgehead atoms. The Morgan fingerprint density at radius 1 is 0.880 bits per heavy atom. The fourth-order valence-corrected chi connectivity index (χ4v) is 4.42. The van der Waals surface area contributed by atoms with Crippen molar-refractivity contribution in [1.29, 1.82) is 0 Å². The predicted octanol–water partition coefficient (Wildman–Crippen LogP) is 4.94. The molecule has 0 unspecified atom stereocenters. The molecule has 3 aromatic rings. The summed E-state index contributed by atoms with van der Waals surface area (Å²) in [4.78, 5) is 16.5. The summed E-state index contributed by atoms with van der Waals surface area (Å²) in [5.74, 6) is 0.177. The number of carbonyl (C=O) groups is 1. The minimum Gasteiger partial charge on any atom is -0.307 e. The highest BCUT2D eigenvalue weighted by Gasteiger charge is 2.32. The Balaban J connectivity index is 1.61. The van der Waals surface area contributed by atoms with Crippen molar-refractivity contribution in [2.24, 2.45) is 0 Å². The third-order valence-corrected chi connectivity index (χ3v) is 5.75. The number of carbonyl (C=O) groups excluding carboxylic acids is 1. The zero-order chi connectivity index (χ0) is 17.1. The van der Waals surface area contributed by atoms with Crippen molar-refractivity contribution in [3.63, 3.8) is 0 Å². The van der Waals surface area contributed by atoms with Gasteiger partial charge in [-0.2, -0.15) is 0 Å². The Kier molecular flexibility index (Phi) is 4.57. The van der Waals surface area contributed by atoms with Gasteiger partial charge in [-0.05, 0) is 35.7 Å². The summed E-state index contributed by atoms with van der Waals surface area (Å²) in [5, 5.41) is -0.0543. The standard InChI is InChI=1S/C22H19NOS/c24-22(21-15-18-11-7-8-14-20(18)25-21)23(19-12-5-2-6-13-19)16-17-9-3-1-4-10-17/h1-14,21H,15-16H2/t21-/m1/s1. The number of fused-ring (bicyclic) bond motifs is 1. The van der Waals surface area contributed by atoms with Crippen LogP contribution in [0.3, 0.4) is 0 Å². The van der Waals surface area contributed by atoms with Crippen molar-refractivity contribution in [2.75, 3.05) is 4.90 Å². The zero-order valence-corrected chi connectivity index (χ0v) is 14.7. The predicted molar refractivity (Wildman–Crippen MR) is 104 cm³/mol. The summed E-state index contributed by atoms with van der Waals surface area (Å²) >= 11 is 1.69. The van der Waals surface area contributed by atoms with Crippen molar-refractivity contribution in [3.05, 3.63) is 96.1 Å². The van der Waals surface area contributed by atoms with Crippen LogP contribution in [0.5, 0.6) is 0 Å². The van der Waals surface area contributed by atoms with Crippen LogP contribution in [-0.4, -0.2) is 11.2 Å². The van der Waals surface area contributed by atoms with Gasteiger partial charge in [-0.15, -0.1) is 11.8 Å². The lowest BCUT2D eigenvalue weighted by atomic mass is 10.1. The third kappa shape index (κ3) is 3.47. The highest BCUT2D eigenvalue weighted by atomic mass is 32.2. The highest BCUT2D eigenvalue weighted by Crippen LogP contribution is 2.38. The molecule has 3 heteroatoms. The number of para-hydroxylation sites is 1. The zero-order valence-electron chi connectivity index (χ0n) is 13.8. The summed E-state index contributed by atoms with van der Waals surface area (Å²) in [7, 11) is 0. The van der Waals surface area contributed by atoms with E-state index in [1.807, 2.05) is 65.6 Å². The Morgan fingerprint density at radius 2 is 1.52 bits per heavy atom. The normalized spacial score (nSPS) is 15.6. The molecule has 0 radical (unpaired) electrons. The maximum Gasteiger partial charge on any atom is 0.241 e. The second kappa shape index (κ2) is 7.16. The number of benzene rings is 3. The first-order valence-corrected chi connectivity index (χ1v) is 9.34. The van der Waals surface area contributed by atoms with Gasteiger partial charge in [0.2, 0.25) is 5.91 Å². The smallest absolute Gasteiger partial charge is 0.241 e. The van der Waals surface area contributed by atoms with E-state index in [1.165, 1.54) is 10.5 Å². The number of nitrogens with zero attached hydrogens (tertiary/aromatic N) is 1. The van der Waals surface area contributed by atoms with E-state index in [4.69, 9.17) is 0 Å². The molecular formula is C22H19NOS. The van der Waals surface area contributed by atoms with Gasteiger partial charge in [0.05, 0.1) is 11.8 Å². The van der Waals surface area contributed by atoms with E-state index in [0.717, 1.165) is 17.7 Å². The van der Waals surface area contributed by atoms with Crippen LogP contribution in [0.15, 0.2) is 89.8 Å². The summed E-state index contributed by atoms with van der Waals surface area (Å²) < 4.78 is 0. The molecular weight excluding hydrogens is 326 g/mol. The van der Waals surface area contributed by atoms with E-state index < -0.39 is 0 Å². The molecule has 1 atom stereocenters. The maximum absolute atomic E-state index is 13.3. The molecule has 2 nitrogen and oxygen atoms in total. The molecule has 1 aliphatic heterocycles. The monoisotopic (exact) mass is 345 g/mol. The van der Waals surface area contributed by atoms with E-state index in [2.05, 4.69) is 24.3 Å². The molecule has 0 saturated heterocycles. The second-order valence-electron chi connectivity index (χ2n) is 6.16. The average Bonchev–Trinajstić information content (AvgIpc) is 3.11. The number of thioether (sulfide) groups is 1. The SMILES string of the molecule is O=C([C@H]1Cc2ccccc2S1)N(Cc1ccccc1)c1ccccc1. The summed E-state index contributed by atoms with van der Waals surface area (Å²) in [6.45, 7) is 0.594. The van der Waals surface area contributed by atoms with Crippen LogP contribution in [0, 0.1) is 0 Å². The van der Waals surface area contributed by atoms with Crippen molar-refractivity contribution < 1.29 is 4.79 Å². The number of hydrogen-bond donors (Lipinski definition) is 0. The lowest BCUT2D eigenvalue weighted by molar-refractivity contribution is -0.118. The molecule has 3 aromatic carbocycles. The molecule has 0 aliphatic carbocycles. The van der Waals surface area contributed by atoms with Gasteiger partial charge in [-0.3, -0.25) is 4.79 Å². The summed E-state index contributed by atoms with van der Waals surface area (Å²) in [6, 6.07) is 28.5. The largest absolute Gasteiger partial charge is 0.307 e. The molecule has 0 aromatic heterocycles. The molecule has 0 spiro atoms. The fourth-order valence-electron chi connectivity index (χ4n) is 3.16. The topological polar surface area (TPSA) is 20.3 Å². The van der Waals surface area contributed by atoms with Gasteiger partial charge in [0.15, 0.2) is 0 Å². The van der Waals surface area contributed by atoms with Gasteiger partial charge in [0, 0.05) is 10.6 Å². The van der Waals surface area contributed by atoms with Gasteiger partial charge in [0.1, 0.15) is 0 Å². The number of rotatable bonds is 4. The van der Waals surface area contributed by atoms with E-state index in [1.54, 1.807) is 11.8 Å². The van der Waals surface area contributed by atoms with Crippen LogP contribution in [-0.2, 0) is 17.8 Å². The van der Waals surface area contributed by atoms with Gasteiger partial charge < -0.3 is 4.90 Å². The maximum atomic E-state index is 13.3. The summed E-state index contributed by atoms with van der Waals surface area (Å²) in [6.07, 6.45) is 0.803. The first-order chi connectivity index (χ1) is 12.3. The van der Waals surface area contributed by atoms with Crippen molar-refractivity contribution in [2.45, 2.75) is 23.1 Å². The molecule has 1 heterocycles. The van der Waals surface area contributed by atoms with Crippen LogP contribution >= 0.6 is 11.8 Å². The second-order valence-corrected chi connectivity index (χ2v) is 7.41. The molecule has 0 N–H and O–H groups in total. The number of anilines is 1. The summed E-state index contributed by atoms with van der Waals surface area (Å²) in [5.41, 5.74) is 3.37. The van der Waals surface area contributed by atoms with Gasteiger partial charge in [0.25, 0.3) is 0 Å². The van der Waals surface area contributed by atoms with Crippen LogP contribution in [0.25, 0.3) is 0 Å². The van der Waals surface area contributed by atoms with Gasteiger partial charge >= 0.3 is 0 Å². The van der Waals surface area contributed by atoms with Crippen molar-refractivity contribution in [1.82, 2.24) is 0 Å². The molecule has 1 aliphatic rings. The van der Waals surface area contributed by atoms with Crippen LogP contribution in [0.2, 0.25) is 0 Å². The van der Waals surface area contributed by atoms with Gasteiger partial charge in [-0.25, -0.2) is 0 Å². The van der Waals surface area contributed by atoms with Crippen LogP contribution < -0.4 is 4.90 Å². The van der Waals surface area contributed by atoms with E-state index in [9.17, 15) is 4.79 Å². The molecule has 0 saturated carbocycles. The lowest BCUT2D eigenvalue weighted by Crippen LogP contribution is -2.37. The van der Waals surface area contributed by atoms with Crippen LogP contribution in [0.1, 0.15) is 11.1 Å². The Morgan fingerprint density at radius 3 is 2.24 bits per heavy atom. The van der Waals surface area contributed by atoms with Crippen molar-refractivity contribution >= 4 is 23.4 Å². The van der Waals surface area contributed by atoms with E-state index in [0.29, 0.717) is 6.54 Å². The first kappa shape index (κ1) is 16.0. The van der Waals surface area contributed by atoms with E-state index in [-0.39, 0.29) is 11.2 Å². The molecule has 25 heavy (non-hydrogen) atoms. The minimum atomic E-state index is -0.0543. The molecule has 0 fully saturated rings. The molecule has 124 valence electrons. The fraction of sp³-hybridized carbons (Fsp3) is 0.136. The Hall–Kier alpha value is -2.52. The minimum absolute atomic E-state index is 0.0543. The quantitative estimate of drug-likeness (QED) is 0.668. The Bertz CT molecular complexity index is 838. The molecule has 4 rings (SSSR count). The third-order valence-electron chi connectivity index (χ3n) is 4.44. The average molecular weight is 345 g/mol. The van der Waals surface area contributed by atoms with E-state index >= 15 is 0 Å². The highest BCUT2D eigenvalue weighted by molar-refractivity contribution is 8.01. The first-order valence-electron chi connectivity index (χ1n) is 8.46. The lowest BCUT2D eigenvalue weighted by Gasteiger charge is -2.25. The number of hydrogen-bond acceptors (Lipinski definition) is 2. The Labute approximate surface area is 152 Å². The van der Waals surface area contributed by atoms with Gasteiger partial charge in [-0.1, -0.05) is 66.7 Å². The molecule has 1 amide bonds. The van der Waals surface area contributed by atoms with Crippen LogP contribution in [0.4, 0.5) is 5.69 Å².